The number of hydrogen-bond donors (Lipinski definition) is 1. The third-order valence-electron chi connectivity index (χ3n) is 5.17. The van der Waals surface area contributed by atoms with Gasteiger partial charge in [0.15, 0.2) is 0 Å². The molecule has 1 unspecified atom stereocenters. The van der Waals surface area contributed by atoms with E-state index in [4.69, 9.17) is 0 Å². The molecule has 0 saturated heterocycles. The molecule has 1 atom stereocenters. The molecule has 28 heavy (non-hydrogen) atoms. The average molecular weight is 364 g/mol. The van der Waals surface area contributed by atoms with Crippen LogP contribution >= 0.6 is 0 Å². The number of aliphatic hydroxyl groups is 1. The minimum atomic E-state index is -0.435. The lowest BCUT2D eigenvalue weighted by molar-refractivity contribution is 0.168. The van der Waals surface area contributed by atoms with Crippen LogP contribution in [0, 0.1) is 0 Å². The van der Waals surface area contributed by atoms with Gasteiger partial charge < -0.3 is 5.11 Å². The van der Waals surface area contributed by atoms with Gasteiger partial charge in [-0.1, -0.05) is 109 Å². The number of aliphatic hydroxyl groups excluding tert-OH is 1. The highest BCUT2D eigenvalue weighted by Crippen LogP contribution is 2.27. The zero-order valence-corrected chi connectivity index (χ0v) is 15.8. The summed E-state index contributed by atoms with van der Waals surface area (Å²) in [5, 5.41) is 10.5. The van der Waals surface area contributed by atoms with E-state index in [2.05, 4.69) is 72.8 Å². The number of hydrogen-bond acceptors (Lipinski definition) is 1. The summed E-state index contributed by atoms with van der Waals surface area (Å²) in [6.45, 7) is 0. The minimum Gasteiger partial charge on any atom is -0.388 e. The highest BCUT2D eigenvalue weighted by atomic mass is 16.3. The lowest BCUT2D eigenvalue weighted by Crippen LogP contribution is -1.99. The fourth-order valence-electron chi connectivity index (χ4n) is 3.50. The Morgan fingerprint density at radius 3 is 1.46 bits per heavy atom. The molecule has 1 heteroatoms. The highest BCUT2D eigenvalue weighted by Gasteiger charge is 2.08. The first-order chi connectivity index (χ1) is 13.8. The van der Waals surface area contributed by atoms with Crippen LogP contribution in [0.25, 0.3) is 22.3 Å². The van der Waals surface area contributed by atoms with Gasteiger partial charge in [-0.2, -0.15) is 0 Å². The van der Waals surface area contributed by atoms with Gasteiger partial charge in [-0.15, -0.1) is 0 Å². The maximum Gasteiger partial charge on any atom is 0.0793 e. The van der Waals surface area contributed by atoms with Crippen LogP contribution in [-0.4, -0.2) is 5.11 Å². The topological polar surface area (TPSA) is 20.2 Å². The van der Waals surface area contributed by atoms with Gasteiger partial charge in [0.05, 0.1) is 6.10 Å². The molecule has 1 N–H and O–H groups in total. The molecule has 0 saturated carbocycles. The molecule has 0 radical (unpaired) electrons. The maximum atomic E-state index is 10.5. The van der Waals surface area contributed by atoms with Gasteiger partial charge in [0.1, 0.15) is 0 Å². The third-order valence-corrected chi connectivity index (χ3v) is 5.17. The predicted molar refractivity (Wildman–Crippen MR) is 117 cm³/mol. The van der Waals surface area contributed by atoms with E-state index in [1.807, 2.05) is 36.4 Å². The van der Waals surface area contributed by atoms with E-state index in [9.17, 15) is 5.11 Å². The summed E-state index contributed by atoms with van der Waals surface area (Å²) in [4.78, 5) is 0. The summed E-state index contributed by atoms with van der Waals surface area (Å²) in [7, 11) is 0. The van der Waals surface area contributed by atoms with Crippen molar-refractivity contribution in [2.24, 2.45) is 0 Å². The first-order valence-electron chi connectivity index (χ1n) is 9.77. The van der Waals surface area contributed by atoms with Crippen molar-refractivity contribution >= 4 is 0 Å². The van der Waals surface area contributed by atoms with Crippen LogP contribution in [0.15, 0.2) is 109 Å². The monoisotopic (exact) mass is 364 g/mol. The van der Waals surface area contributed by atoms with E-state index in [0.717, 1.165) is 18.4 Å². The van der Waals surface area contributed by atoms with Gasteiger partial charge >= 0.3 is 0 Å². The molecular formula is C27H24O. The fourth-order valence-corrected chi connectivity index (χ4v) is 3.50. The molecule has 0 aliphatic rings. The highest BCUT2D eigenvalue weighted by molar-refractivity contribution is 5.70. The molecule has 0 heterocycles. The van der Waals surface area contributed by atoms with Gasteiger partial charge in [0.25, 0.3) is 0 Å². The Kier molecular flexibility index (Phi) is 5.65. The van der Waals surface area contributed by atoms with Crippen LogP contribution in [0.1, 0.15) is 23.7 Å². The van der Waals surface area contributed by atoms with Crippen molar-refractivity contribution < 1.29 is 5.11 Å². The van der Waals surface area contributed by atoms with Crippen LogP contribution in [0.5, 0.6) is 0 Å². The van der Waals surface area contributed by atoms with Gasteiger partial charge in [-0.05, 0) is 46.2 Å². The molecule has 1 nitrogen and oxygen atoms in total. The quantitative estimate of drug-likeness (QED) is 0.404. The fraction of sp³-hybridized carbons (Fsp3) is 0.111. The molecule has 0 aromatic heterocycles. The summed E-state index contributed by atoms with van der Waals surface area (Å²) in [6.07, 6.45) is 1.18. The zero-order chi connectivity index (χ0) is 19.2. The summed E-state index contributed by atoms with van der Waals surface area (Å²) in [5.74, 6) is 0. The number of rotatable bonds is 6. The molecule has 138 valence electrons. The van der Waals surface area contributed by atoms with Gasteiger partial charge in [-0.25, -0.2) is 0 Å². The first-order valence-corrected chi connectivity index (χ1v) is 9.77. The molecule has 0 amide bonds. The van der Waals surface area contributed by atoms with Gasteiger partial charge in [-0.3, -0.25) is 0 Å². The minimum absolute atomic E-state index is 0.435. The molecule has 0 spiro atoms. The molecule has 0 aliphatic carbocycles. The summed E-state index contributed by atoms with van der Waals surface area (Å²) < 4.78 is 0. The van der Waals surface area contributed by atoms with Crippen molar-refractivity contribution in [3.63, 3.8) is 0 Å². The van der Waals surface area contributed by atoms with Crippen molar-refractivity contribution in [1.29, 1.82) is 0 Å². The number of aryl methyl sites for hydroxylation is 1. The second-order valence-corrected chi connectivity index (χ2v) is 7.11. The molecule has 0 bridgehead atoms. The van der Waals surface area contributed by atoms with Crippen LogP contribution in [0.3, 0.4) is 0 Å². The smallest absolute Gasteiger partial charge is 0.0793 e. The summed E-state index contributed by atoms with van der Waals surface area (Å²) in [6, 6.07) is 37.6. The van der Waals surface area contributed by atoms with E-state index < -0.39 is 6.10 Å². The Labute approximate surface area is 166 Å². The molecular weight excluding hydrogens is 340 g/mol. The third kappa shape index (κ3) is 4.39. The van der Waals surface area contributed by atoms with E-state index in [1.54, 1.807) is 0 Å². The molecule has 4 aromatic rings. The molecule has 4 rings (SSSR count). The second-order valence-electron chi connectivity index (χ2n) is 7.11. The predicted octanol–water partition coefficient (Wildman–Crippen LogP) is 6.69. The maximum absolute atomic E-state index is 10.5. The summed E-state index contributed by atoms with van der Waals surface area (Å²) >= 11 is 0. The lowest BCUT2D eigenvalue weighted by Gasteiger charge is -2.12. The van der Waals surface area contributed by atoms with Crippen molar-refractivity contribution in [2.45, 2.75) is 18.9 Å². The Hall–Kier alpha value is -3.16. The lowest BCUT2D eigenvalue weighted by atomic mass is 9.97. The van der Waals surface area contributed by atoms with Crippen LogP contribution < -0.4 is 0 Å². The molecule has 0 aliphatic heterocycles. The molecule has 4 aromatic carbocycles. The van der Waals surface area contributed by atoms with Crippen molar-refractivity contribution in [1.82, 2.24) is 0 Å². The SMILES string of the molecule is OC(CCc1ccccc1)c1ccc(-c2ccc(-c3ccccc3)cc2)cc1. The van der Waals surface area contributed by atoms with Crippen molar-refractivity contribution in [3.8, 4) is 22.3 Å². The van der Waals surface area contributed by atoms with E-state index in [-0.39, 0.29) is 0 Å². The Balaban J connectivity index is 1.42. The number of benzene rings is 4. The van der Waals surface area contributed by atoms with Crippen LogP contribution in [0.4, 0.5) is 0 Å². The zero-order valence-electron chi connectivity index (χ0n) is 15.8. The standard InChI is InChI=1S/C27H24O/c28-27(20-11-21-7-3-1-4-8-21)26-18-16-25(17-19-26)24-14-12-23(13-15-24)22-9-5-2-6-10-22/h1-10,12-19,27-28H,11,20H2. The molecule has 0 fully saturated rings. The first kappa shape index (κ1) is 18.2. The van der Waals surface area contributed by atoms with Gasteiger partial charge in [0, 0.05) is 0 Å². The van der Waals surface area contributed by atoms with Crippen LogP contribution in [0.2, 0.25) is 0 Å². The summed E-state index contributed by atoms with van der Waals surface area (Å²) in [5.41, 5.74) is 7.03. The average Bonchev–Trinajstić information content (AvgIpc) is 2.79. The normalized spacial score (nSPS) is 11.9. The van der Waals surface area contributed by atoms with E-state index in [0.29, 0.717) is 0 Å². The largest absolute Gasteiger partial charge is 0.388 e. The van der Waals surface area contributed by atoms with Crippen molar-refractivity contribution in [2.75, 3.05) is 0 Å². The van der Waals surface area contributed by atoms with E-state index in [1.165, 1.54) is 27.8 Å². The Morgan fingerprint density at radius 1 is 0.500 bits per heavy atom. The second kappa shape index (κ2) is 8.69. The Morgan fingerprint density at radius 2 is 0.929 bits per heavy atom. The van der Waals surface area contributed by atoms with E-state index >= 15 is 0 Å². The van der Waals surface area contributed by atoms with Crippen molar-refractivity contribution in [3.05, 3.63) is 120 Å². The van der Waals surface area contributed by atoms with Crippen LogP contribution in [-0.2, 0) is 6.42 Å². The van der Waals surface area contributed by atoms with Gasteiger partial charge in [0.2, 0.25) is 0 Å². The Bertz CT molecular complexity index is 988.